The molecule has 33 heavy (non-hydrogen) atoms. The van der Waals surface area contributed by atoms with Crippen LogP contribution in [0.25, 0.3) is 0 Å². The topological polar surface area (TPSA) is 72.1 Å². The van der Waals surface area contributed by atoms with Gasteiger partial charge < -0.3 is 19.6 Å². The number of halogens is 2. The maximum Gasteiger partial charge on any atom is 0.306 e. The van der Waals surface area contributed by atoms with Gasteiger partial charge in [-0.1, -0.05) is 12.1 Å². The number of rotatable bonds is 10. The van der Waals surface area contributed by atoms with Crippen LogP contribution in [0.5, 0.6) is 11.5 Å². The van der Waals surface area contributed by atoms with E-state index < -0.39 is 5.82 Å². The van der Waals surface area contributed by atoms with E-state index in [-0.39, 0.29) is 18.5 Å². The van der Waals surface area contributed by atoms with E-state index in [1.807, 2.05) is 31.2 Å². The van der Waals surface area contributed by atoms with Crippen molar-refractivity contribution in [3.05, 3.63) is 64.1 Å². The van der Waals surface area contributed by atoms with Crippen molar-refractivity contribution in [3.63, 3.8) is 0 Å². The van der Waals surface area contributed by atoms with Crippen LogP contribution in [0.4, 0.5) is 10.1 Å². The van der Waals surface area contributed by atoms with Gasteiger partial charge >= 0.3 is 5.97 Å². The molecule has 7 nitrogen and oxygen atoms in total. The molecular formula is C24H27BrFN3O4. The molecular weight excluding hydrogens is 493 g/mol. The van der Waals surface area contributed by atoms with Crippen LogP contribution >= 0.6 is 15.9 Å². The summed E-state index contributed by atoms with van der Waals surface area (Å²) in [5.41, 5.74) is 8.02. The Balaban J connectivity index is 1.44. The summed E-state index contributed by atoms with van der Waals surface area (Å²) in [6.07, 6.45) is 2.63. The third-order valence-corrected chi connectivity index (χ3v) is 6.54. The lowest BCUT2D eigenvalue weighted by Gasteiger charge is -2.19. The van der Waals surface area contributed by atoms with E-state index in [0.717, 1.165) is 18.4 Å². The average Bonchev–Trinajstić information content (AvgIpc) is 3.60. The maximum absolute atomic E-state index is 14.4. The number of carbonyl (C=O) groups excluding carboxylic acids is 1. The number of benzene rings is 2. The summed E-state index contributed by atoms with van der Waals surface area (Å²) >= 11 is 3.51. The molecule has 1 atom stereocenters. The van der Waals surface area contributed by atoms with Gasteiger partial charge in [0.2, 0.25) is 0 Å². The van der Waals surface area contributed by atoms with Gasteiger partial charge in [-0.15, -0.1) is 5.53 Å². The molecule has 0 amide bonds. The third kappa shape index (κ3) is 5.59. The van der Waals surface area contributed by atoms with Crippen LogP contribution < -0.4 is 25.4 Å². The number of hydrogen-bond donors (Lipinski definition) is 2. The van der Waals surface area contributed by atoms with Crippen molar-refractivity contribution >= 4 is 27.6 Å². The van der Waals surface area contributed by atoms with E-state index in [9.17, 15) is 9.18 Å². The highest BCUT2D eigenvalue weighted by Crippen LogP contribution is 2.45. The highest BCUT2D eigenvalue weighted by Gasteiger charge is 2.34. The van der Waals surface area contributed by atoms with Gasteiger partial charge in [0, 0.05) is 6.07 Å². The minimum Gasteiger partial charge on any atom is -0.497 e. The second-order valence-electron chi connectivity index (χ2n) is 7.97. The SMILES string of the molecule is CCOC(=O)C[C@H](c1cccc(OCC2=C(Br)N(c3cc(OC)ccc3F)NN2)c1)C1CC1. The zero-order valence-corrected chi connectivity index (χ0v) is 20.2. The summed E-state index contributed by atoms with van der Waals surface area (Å²) in [6, 6.07) is 12.4. The number of methoxy groups -OCH3 is 1. The predicted octanol–water partition coefficient (Wildman–Crippen LogP) is 4.75. The first-order valence-corrected chi connectivity index (χ1v) is 11.7. The molecule has 4 rings (SSSR count). The quantitative estimate of drug-likeness (QED) is 0.346. The summed E-state index contributed by atoms with van der Waals surface area (Å²) in [6.45, 7) is 2.44. The Morgan fingerprint density at radius 3 is 2.79 bits per heavy atom. The Morgan fingerprint density at radius 2 is 2.06 bits per heavy atom. The molecule has 2 N–H and O–H groups in total. The fraction of sp³-hybridized carbons (Fsp3) is 0.375. The first kappa shape index (κ1) is 23.4. The lowest BCUT2D eigenvalue weighted by atomic mass is 9.91. The first-order chi connectivity index (χ1) is 16.0. The molecule has 1 heterocycles. The Morgan fingerprint density at radius 1 is 1.24 bits per heavy atom. The molecule has 0 radical (unpaired) electrons. The van der Waals surface area contributed by atoms with Gasteiger partial charge in [-0.05, 0) is 77.4 Å². The van der Waals surface area contributed by atoms with E-state index in [1.165, 1.54) is 18.2 Å². The Kier molecular flexibility index (Phi) is 7.39. The van der Waals surface area contributed by atoms with Gasteiger partial charge in [0.25, 0.3) is 0 Å². The minimum absolute atomic E-state index is 0.136. The molecule has 1 fully saturated rings. The van der Waals surface area contributed by atoms with E-state index in [2.05, 4.69) is 26.9 Å². The van der Waals surface area contributed by atoms with Crippen molar-refractivity contribution in [2.45, 2.75) is 32.1 Å². The number of carbonyl (C=O) groups is 1. The van der Waals surface area contributed by atoms with E-state index in [4.69, 9.17) is 14.2 Å². The summed E-state index contributed by atoms with van der Waals surface area (Å²) in [4.78, 5) is 12.1. The van der Waals surface area contributed by atoms with Gasteiger partial charge in [-0.25, -0.2) is 9.40 Å². The second-order valence-corrected chi connectivity index (χ2v) is 8.72. The number of nitrogens with zero attached hydrogens (tertiary/aromatic N) is 1. The van der Waals surface area contributed by atoms with Crippen LogP contribution in [0, 0.1) is 11.7 Å². The molecule has 0 unspecified atom stereocenters. The van der Waals surface area contributed by atoms with Crippen LogP contribution in [0.3, 0.4) is 0 Å². The lowest BCUT2D eigenvalue weighted by molar-refractivity contribution is -0.143. The van der Waals surface area contributed by atoms with Gasteiger partial charge in [0.15, 0.2) is 0 Å². The van der Waals surface area contributed by atoms with Gasteiger partial charge in [-0.3, -0.25) is 4.79 Å². The van der Waals surface area contributed by atoms with E-state index in [1.54, 1.807) is 12.1 Å². The molecule has 0 bridgehead atoms. The molecule has 2 aliphatic rings. The third-order valence-electron chi connectivity index (χ3n) is 5.71. The Hall–Kier alpha value is -2.78. The van der Waals surface area contributed by atoms with Crippen molar-refractivity contribution in [3.8, 4) is 11.5 Å². The highest BCUT2D eigenvalue weighted by atomic mass is 79.9. The summed E-state index contributed by atoms with van der Waals surface area (Å²) in [7, 11) is 1.53. The molecule has 0 saturated heterocycles. The number of ether oxygens (including phenoxy) is 3. The van der Waals surface area contributed by atoms with Crippen molar-refractivity contribution in [2.24, 2.45) is 5.92 Å². The molecule has 1 aliphatic carbocycles. The van der Waals surface area contributed by atoms with Crippen molar-refractivity contribution in [2.75, 3.05) is 25.3 Å². The first-order valence-electron chi connectivity index (χ1n) is 10.9. The molecule has 176 valence electrons. The standard InChI is InChI=1S/C24H27BrFN3O4/c1-3-32-23(30)13-19(15-7-8-15)16-5-4-6-18(11-16)33-14-21-24(25)29(28-27-21)22-12-17(31-2)9-10-20(22)26/h4-6,9-12,15,19,27-28H,3,7-8,13-14H2,1-2H3/t19-/m0/s1. The largest absolute Gasteiger partial charge is 0.497 e. The average molecular weight is 520 g/mol. The molecule has 1 saturated carbocycles. The lowest BCUT2D eigenvalue weighted by Crippen LogP contribution is -2.38. The highest BCUT2D eigenvalue weighted by molar-refractivity contribution is 9.11. The second kappa shape index (κ2) is 10.4. The van der Waals surface area contributed by atoms with Crippen LogP contribution in [-0.4, -0.2) is 26.3 Å². The van der Waals surface area contributed by atoms with Gasteiger partial charge in [0.05, 0.1) is 31.5 Å². The van der Waals surface area contributed by atoms with Crippen molar-refractivity contribution < 1.29 is 23.4 Å². The van der Waals surface area contributed by atoms with Gasteiger partial charge in [0.1, 0.15) is 28.5 Å². The fourth-order valence-electron chi connectivity index (χ4n) is 3.86. The molecule has 1 aliphatic heterocycles. The van der Waals surface area contributed by atoms with Crippen molar-refractivity contribution in [1.29, 1.82) is 0 Å². The maximum atomic E-state index is 14.4. The van der Waals surface area contributed by atoms with Crippen LogP contribution in [-0.2, 0) is 9.53 Å². The zero-order valence-electron chi connectivity index (χ0n) is 18.6. The number of anilines is 1. The smallest absolute Gasteiger partial charge is 0.306 e. The van der Waals surface area contributed by atoms with Crippen LogP contribution in [0.15, 0.2) is 52.8 Å². The zero-order chi connectivity index (χ0) is 23.4. The fourth-order valence-corrected chi connectivity index (χ4v) is 4.35. The van der Waals surface area contributed by atoms with Gasteiger partial charge in [-0.2, -0.15) is 0 Å². The Labute approximate surface area is 201 Å². The number of esters is 1. The number of hydrogen-bond acceptors (Lipinski definition) is 7. The summed E-state index contributed by atoms with van der Waals surface area (Å²) < 4.78 is 31.3. The van der Waals surface area contributed by atoms with Crippen LogP contribution in [0.2, 0.25) is 0 Å². The van der Waals surface area contributed by atoms with E-state index >= 15 is 0 Å². The summed E-state index contributed by atoms with van der Waals surface area (Å²) in [5, 5.41) is 1.54. The Bertz CT molecular complexity index is 1040. The number of hydrazine groups is 2. The predicted molar refractivity (Wildman–Crippen MR) is 126 cm³/mol. The molecule has 2 aromatic carbocycles. The molecule has 2 aromatic rings. The summed E-state index contributed by atoms with van der Waals surface area (Å²) in [5.74, 6) is 1.32. The minimum atomic E-state index is -0.398. The molecule has 0 spiro atoms. The van der Waals surface area contributed by atoms with E-state index in [0.29, 0.717) is 46.4 Å². The normalized spacial score (nSPS) is 16.4. The monoisotopic (exact) mass is 519 g/mol. The van der Waals surface area contributed by atoms with Crippen molar-refractivity contribution in [1.82, 2.24) is 11.0 Å². The van der Waals surface area contributed by atoms with Crippen LogP contribution in [0.1, 0.15) is 37.7 Å². The number of nitrogens with one attached hydrogen (secondary N) is 2. The molecule has 9 heteroatoms. The molecule has 0 aromatic heterocycles.